The normalized spacial score (nSPS) is 10.2. The lowest BCUT2D eigenvalue weighted by Gasteiger charge is -2.01. The van der Waals surface area contributed by atoms with E-state index in [9.17, 15) is 14.4 Å². The van der Waals surface area contributed by atoms with E-state index < -0.39 is 5.97 Å². The van der Waals surface area contributed by atoms with Gasteiger partial charge in [0.2, 0.25) is 5.91 Å². The van der Waals surface area contributed by atoms with Crippen LogP contribution in [0.1, 0.15) is 18.9 Å². The summed E-state index contributed by atoms with van der Waals surface area (Å²) in [7, 11) is 1.24. The molecule has 0 aromatic heterocycles. The molecule has 5 heteroatoms. The minimum Gasteiger partial charge on any atom is -0.469 e. The molecule has 0 saturated carbocycles. The molecular weight excluding hydrogens is 246 g/mol. The highest BCUT2D eigenvalue weighted by molar-refractivity contribution is 6.03. The molecule has 0 aliphatic carbocycles. The molecule has 0 aliphatic heterocycles. The molecule has 5 nitrogen and oxygen atoms in total. The third-order valence-corrected chi connectivity index (χ3v) is 2.24. The smallest absolute Gasteiger partial charge is 0.313 e. The molecule has 1 amide bonds. The fourth-order valence-electron chi connectivity index (χ4n) is 1.34. The number of nitrogens with one attached hydrogen (secondary N) is 1. The second-order valence-corrected chi connectivity index (χ2v) is 3.86. The lowest BCUT2D eigenvalue weighted by Crippen LogP contribution is -2.06. The van der Waals surface area contributed by atoms with Gasteiger partial charge in [-0.15, -0.1) is 0 Å². The maximum absolute atomic E-state index is 11.4. The van der Waals surface area contributed by atoms with Crippen molar-refractivity contribution in [2.45, 2.75) is 13.3 Å². The quantitative estimate of drug-likeness (QED) is 0.498. The largest absolute Gasteiger partial charge is 0.469 e. The highest BCUT2D eigenvalue weighted by Crippen LogP contribution is 2.10. The SMILES string of the molecule is COC(=O)CC(=O)C=Cc1ccc(NC(C)=O)cc1. The molecule has 0 bridgehead atoms. The molecule has 0 radical (unpaired) electrons. The van der Waals surface area contributed by atoms with E-state index in [0.29, 0.717) is 5.69 Å². The number of esters is 1. The zero-order valence-electron chi connectivity index (χ0n) is 10.8. The van der Waals surface area contributed by atoms with Gasteiger partial charge in [0.05, 0.1) is 7.11 Å². The first-order chi connectivity index (χ1) is 9.01. The molecule has 0 spiro atoms. The zero-order chi connectivity index (χ0) is 14.3. The van der Waals surface area contributed by atoms with Crippen LogP contribution in [0, 0.1) is 0 Å². The van der Waals surface area contributed by atoms with Gasteiger partial charge in [-0.3, -0.25) is 14.4 Å². The number of amides is 1. The summed E-state index contributed by atoms with van der Waals surface area (Å²) in [5.74, 6) is -1.02. The Bertz CT molecular complexity index is 503. The van der Waals surface area contributed by atoms with Crippen molar-refractivity contribution >= 4 is 29.4 Å². The Balaban J connectivity index is 2.59. The van der Waals surface area contributed by atoms with Gasteiger partial charge in [0.25, 0.3) is 0 Å². The van der Waals surface area contributed by atoms with Crippen molar-refractivity contribution in [2.24, 2.45) is 0 Å². The molecule has 0 atom stereocenters. The molecule has 0 saturated heterocycles. The lowest BCUT2D eigenvalue weighted by atomic mass is 10.1. The fourth-order valence-corrected chi connectivity index (χ4v) is 1.34. The predicted molar refractivity (Wildman–Crippen MR) is 71.4 cm³/mol. The van der Waals surface area contributed by atoms with E-state index in [1.165, 1.54) is 20.1 Å². The summed E-state index contributed by atoms with van der Waals surface area (Å²) in [4.78, 5) is 33.0. The average Bonchev–Trinajstić information content (AvgIpc) is 2.37. The molecule has 100 valence electrons. The molecule has 1 aromatic carbocycles. The highest BCUT2D eigenvalue weighted by Gasteiger charge is 2.05. The van der Waals surface area contributed by atoms with E-state index in [2.05, 4.69) is 10.1 Å². The van der Waals surface area contributed by atoms with E-state index in [4.69, 9.17) is 0 Å². The Hall–Kier alpha value is -2.43. The molecule has 19 heavy (non-hydrogen) atoms. The van der Waals surface area contributed by atoms with Gasteiger partial charge in [-0.2, -0.15) is 0 Å². The van der Waals surface area contributed by atoms with Crippen molar-refractivity contribution in [3.05, 3.63) is 35.9 Å². The number of benzene rings is 1. The third-order valence-electron chi connectivity index (χ3n) is 2.24. The van der Waals surface area contributed by atoms with Crippen molar-refractivity contribution in [1.29, 1.82) is 0 Å². The summed E-state index contributed by atoms with van der Waals surface area (Å²) in [6.45, 7) is 1.43. The molecular formula is C14H15NO4. The second kappa shape index (κ2) is 7.10. The Morgan fingerprint density at radius 1 is 1.21 bits per heavy atom. The predicted octanol–water partition coefficient (Wildman–Crippen LogP) is 1.79. The number of ether oxygens (including phenoxy) is 1. The number of anilines is 1. The van der Waals surface area contributed by atoms with Crippen LogP contribution in [0.3, 0.4) is 0 Å². The van der Waals surface area contributed by atoms with Crippen molar-refractivity contribution in [2.75, 3.05) is 12.4 Å². The van der Waals surface area contributed by atoms with Crippen LogP contribution in [0.25, 0.3) is 6.08 Å². The van der Waals surface area contributed by atoms with Crippen LogP contribution >= 0.6 is 0 Å². The van der Waals surface area contributed by atoms with Gasteiger partial charge in [0.1, 0.15) is 6.42 Å². The van der Waals surface area contributed by atoms with Gasteiger partial charge in [0, 0.05) is 12.6 Å². The lowest BCUT2D eigenvalue weighted by molar-refractivity contribution is -0.142. The van der Waals surface area contributed by atoms with Crippen molar-refractivity contribution in [1.82, 2.24) is 0 Å². The van der Waals surface area contributed by atoms with Gasteiger partial charge < -0.3 is 10.1 Å². The van der Waals surface area contributed by atoms with Crippen LogP contribution in [0.15, 0.2) is 30.3 Å². The van der Waals surface area contributed by atoms with Crippen molar-refractivity contribution < 1.29 is 19.1 Å². The first kappa shape index (κ1) is 14.6. The molecule has 1 aromatic rings. The highest BCUT2D eigenvalue weighted by atomic mass is 16.5. The van der Waals surface area contributed by atoms with Gasteiger partial charge in [-0.05, 0) is 23.8 Å². The summed E-state index contributed by atoms with van der Waals surface area (Å²) in [5.41, 5.74) is 1.48. The van der Waals surface area contributed by atoms with Crippen LogP contribution in [0.5, 0.6) is 0 Å². The van der Waals surface area contributed by atoms with Crippen LogP contribution in [0.4, 0.5) is 5.69 Å². The molecule has 0 fully saturated rings. The number of carbonyl (C=O) groups is 3. The van der Waals surface area contributed by atoms with Crippen LogP contribution in [-0.4, -0.2) is 24.8 Å². The molecule has 1 rings (SSSR count). The maximum Gasteiger partial charge on any atom is 0.313 e. The summed E-state index contributed by atoms with van der Waals surface area (Å²) < 4.78 is 4.39. The summed E-state index contributed by atoms with van der Waals surface area (Å²) >= 11 is 0. The van der Waals surface area contributed by atoms with E-state index in [-0.39, 0.29) is 18.1 Å². The van der Waals surface area contributed by atoms with Crippen LogP contribution < -0.4 is 5.32 Å². The van der Waals surface area contributed by atoms with E-state index in [0.717, 1.165) is 5.56 Å². The first-order valence-corrected chi connectivity index (χ1v) is 5.66. The summed E-state index contributed by atoms with van der Waals surface area (Å²) in [6.07, 6.45) is 2.66. The average molecular weight is 261 g/mol. The van der Waals surface area contributed by atoms with Gasteiger partial charge in [0.15, 0.2) is 5.78 Å². The van der Waals surface area contributed by atoms with E-state index in [1.807, 2.05) is 0 Å². The molecule has 0 unspecified atom stereocenters. The Morgan fingerprint density at radius 2 is 1.84 bits per heavy atom. The van der Waals surface area contributed by atoms with Crippen molar-refractivity contribution in [3.63, 3.8) is 0 Å². The zero-order valence-corrected chi connectivity index (χ0v) is 10.8. The van der Waals surface area contributed by atoms with E-state index >= 15 is 0 Å². The summed E-state index contributed by atoms with van der Waals surface area (Å²) in [5, 5.41) is 2.64. The number of hydrogen-bond acceptors (Lipinski definition) is 4. The standard InChI is InChI=1S/C14H15NO4/c1-10(16)15-12-6-3-11(4-7-12)5-8-13(17)9-14(18)19-2/h3-8H,9H2,1-2H3,(H,15,16). The van der Waals surface area contributed by atoms with Crippen molar-refractivity contribution in [3.8, 4) is 0 Å². The number of ketones is 1. The summed E-state index contributed by atoms with van der Waals surface area (Å²) in [6, 6.07) is 6.97. The van der Waals surface area contributed by atoms with Gasteiger partial charge in [-0.25, -0.2) is 0 Å². The van der Waals surface area contributed by atoms with E-state index in [1.54, 1.807) is 30.3 Å². The Kier molecular flexibility index (Phi) is 5.47. The minimum absolute atomic E-state index is 0.142. The Morgan fingerprint density at radius 3 is 2.37 bits per heavy atom. The van der Waals surface area contributed by atoms with Gasteiger partial charge in [-0.1, -0.05) is 18.2 Å². The van der Waals surface area contributed by atoms with Crippen LogP contribution in [0.2, 0.25) is 0 Å². The van der Waals surface area contributed by atoms with Gasteiger partial charge >= 0.3 is 5.97 Å². The minimum atomic E-state index is -0.560. The number of methoxy groups -OCH3 is 1. The maximum atomic E-state index is 11.4. The second-order valence-electron chi connectivity index (χ2n) is 3.86. The number of carbonyl (C=O) groups excluding carboxylic acids is 3. The van der Waals surface area contributed by atoms with Crippen LogP contribution in [-0.2, 0) is 19.1 Å². The monoisotopic (exact) mass is 261 g/mol. The third kappa shape index (κ3) is 5.63. The first-order valence-electron chi connectivity index (χ1n) is 5.66. The number of rotatable bonds is 5. The Labute approximate surface area is 111 Å². The number of allylic oxidation sites excluding steroid dienone is 1. The fraction of sp³-hybridized carbons (Fsp3) is 0.214. The number of hydrogen-bond donors (Lipinski definition) is 1. The molecule has 0 aliphatic rings. The molecule has 1 N–H and O–H groups in total. The molecule has 0 heterocycles. The topological polar surface area (TPSA) is 72.5 Å².